The number of halogens is 1. The van der Waals surface area contributed by atoms with Crippen LogP contribution in [0.3, 0.4) is 0 Å². The Labute approximate surface area is 135 Å². The van der Waals surface area contributed by atoms with Crippen molar-refractivity contribution in [2.24, 2.45) is 0 Å². The van der Waals surface area contributed by atoms with E-state index in [9.17, 15) is 14.9 Å². The number of nitro groups is 1. The predicted molar refractivity (Wildman–Crippen MR) is 82.1 cm³/mol. The van der Waals surface area contributed by atoms with Gasteiger partial charge in [-0.1, -0.05) is 11.6 Å². The minimum Gasteiger partial charge on any atom is -0.495 e. The summed E-state index contributed by atoms with van der Waals surface area (Å²) in [5.74, 6) is -0.0395. The molecule has 2 rings (SSSR count). The fourth-order valence-electron chi connectivity index (χ4n) is 1.83. The molecule has 0 radical (unpaired) electrons. The molecule has 0 aliphatic rings. The topological polar surface area (TPSA) is 109 Å². The van der Waals surface area contributed by atoms with Crippen molar-refractivity contribution in [3.05, 3.63) is 39.5 Å². The van der Waals surface area contributed by atoms with E-state index in [0.29, 0.717) is 22.2 Å². The van der Waals surface area contributed by atoms with Crippen molar-refractivity contribution in [1.82, 2.24) is 9.78 Å². The number of benzene rings is 1. The minimum absolute atomic E-state index is 0.193. The van der Waals surface area contributed by atoms with Gasteiger partial charge in [0, 0.05) is 12.1 Å². The van der Waals surface area contributed by atoms with E-state index in [1.807, 2.05) is 0 Å². The summed E-state index contributed by atoms with van der Waals surface area (Å²) >= 11 is 5.98. The van der Waals surface area contributed by atoms with Gasteiger partial charge < -0.3 is 24.9 Å². The third kappa shape index (κ3) is 3.89. The molecule has 1 N–H and O–H groups in total. The number of nitrogens with zero attached hydrogens (tertiary/aromatic N) is 3. The maximum atomic E-state index is 12.0. The highest BCUT2D eigenvalue weighted by Gasteiger charge is 2.16. The lowest BCUT2D eigenvalue weighted by atomic mass is 10.2. The van der Waals surface area contributed by atoms with E-state index in [2.05, 4.69) is 10.4 Å². The van der Waals surface area contributed by atoms with Crippen LogP contribution >= 0.6 is 11.6 Å². The number of ether oxygens (including phenoxy) is 2. The molecule has 2 aromatic rings. The van der Waals surface area contributed by atoms with Crippen molar-refractivity contribution < 1.29 is 19.2 Å². The molecule has 0 saturated heterocycles. The van der Waals surface area contributed by atoms with E-state index in [1.54, 1.807) is 0 Å². The zero-order valence-electron chi connectivity index (χ0n) is 12.3. The Bertz CT molecular complexity index is 746. The Hall–Kier alpha value is -2.81. The van der Waals surface area contributed by atoms with Crippen molar-refractivity contribution in [3.63, 3.8) is 0 Å². The Morgan fingerprint density at radius 2 is 2.09 bits per heavy atom. The standard InChI is InChI=1S/C13H13ClN4O5/c1-22-10-6-9(11(23-2)5-8(10)14)15-13(19)7-17-4-3-12(16-17)18(20)21/h3-6H,7H2,1-2H3,(H,15,19). The summed E-state index contributed by atoms with van der Waals surface area (Å²) < 4.78 is 11.4. The van der Waals surface area contributed by atoms with Gasteiger partial charge in [-0.15, -0.1) is 0 Å². The van der Waals surface area contributed by atoms with E-state index in [1.165, 1.54) is 38.6 Å². The summed E-state index contributed by atoms with van der Waals surface area (Å²) in [5.41, 5.74) is 0.361. The number of rotatable bonds is 6. The van der Waals surface area contributed by atoms with Crippen LogP contribution in [0.25, 0.3) is 0 Å². The van der Waals surface area contributed by atoms with Crippen molar-refractivity contribution in [2.75, 3.05) is 19.5 Å². The van der Waals surface area contributed by atoms with Gasteiger partial charge >= 0.3 is 5.82 Å². The number of hydrogen-bond acceptors (Lipinski definition) is 6. The summed E-state index contributed by atoms with van der Waals surface area (Å²) in [6, 6.07) is 4.23. The molecule has 1 aromatic carbocycles. The van der Waals surface area contributed by atoms with Crippen LogP contribution in [0, 0.1) is 10.1 Å². The first-order valence-electron chi connectivity index (χ1n) is 6.33. The fraction of sp³-hybridized carbons (Fsp3) is 0.231. The smallest absolute Gasteiger partial charge is 0.389 e. The third-order valence-electron chi connectivity index (χ3n) is 2.87. The number of aromatic nitrogens is 2. The normalized spacial score (nSPS) is 10.2. The number of hydrogen-bond donors (Lipinski definition) is 1. The highest BCUT2D eigenvalue weighted by molar-refractivity contribution is 6.32. The van der Waals surface area contributed by atoms with Crippen LogP contribution < -0.4 is 14.8 Å². The Kier molecular flexibility index (Phi) is 5.02. The second kappa shape index (κ2) is 6.97. The van der Waals surface area contributed by atoms with Gasteiger partial charge in [-0.3, -0.25) is 4.79 Å². The van der Waals surface area contributed by atoms with Gasteiger partial charge in [-0.05, 0) is 4.92 Å². The molecule has 0 aliphatic carbocycles. The monoisotopic (exact) mass is 340 g/mol. The van der Waals surface area contributed by atoms with E-state index < -0.39 is 10.8 Å². The largest absolute Gasteiger partial charge is 0.495 e. The van der Waals surface area contributed by atoms with Crippen molar-refractivity contribution >= 4 is 29.0 Å². The van der Waals surface area contributed by atoms with Gasteiger partial charge in [0.15, 0.2) is 0 Å². The van der Waals surface area contributed by atoms with Crippen LogP contribution in [0.5, 0.6) is 11.5 Å². The molecule has 0 spiro atoms. The van der Waals surface area contributed by atoms with Crippen molar-refractivity contribution in [3.8, 4) is 11.5 Å². The number of amides is 1. The van der Waals surface area contributed by atoms with Crippen LogP contribution in [0.2, 0.25) is 5.02 Å². The first-order valence-corrected chi connectivity index (χ1v) is 6.71. The molecule has 122 valence electrons. The molecule has 0 atom stereocenters. The van der Waals surface area contributed by atoms with Crippen molar-refractivity contribution in [2.45, 2.75) is 6.54 Å². The number of methoxy groups -OCH3 is 2. The van der Waals surface area contributed by atoms with E-state index in [4.69, 9.17) is 21.1 Å². The quantitative estimate of drug-likeness (QED) is 0.637. The average Bonchev–Trinajstić information content (AvgIpc) is 2.97. The summed E-state index contributed by atoms with van der Waals surface area (Å²) in [4.78, 5) is 22.0. The fourth-order valence-corrected chi connectivity index (χ4v) is 2.06. The summed E-state index contributed by atoms with van der Waals surface area (Å²) in [7, 11) is 2.88. The first kappa shape index (κ1) is 16.6. The van der Waals surface area contributed by atoms with Crippen LogP contribution in [0.1, 0.15) is 0 Å². The molecule has 0 unspecified atom stereocenters. The number of carbonyl (C=O) groups excluding carboxylic acids is 1. The Morgan fingerprint density at radius 1 is 1.39 bits per heavy atom. The molecule has 0 bridgehead atoms. The molecular formula is C13H13ClN4O5. The van der Waals surface area contributed by atoms with Gasteiger partial charge in [-0.25, -0.2) is 0 Å². The molecule has 1 aromatic heterocycles. The zero-order chi connectivity index (χ0) is 17.0. The Morgan fingerprint density at radius 3 is 2.65 bits per heavy atom. The molecule has 10 heteroatoms. The average molecular weight is 341 g/mol. The molecule has 23 heavy (non-hydrogen) atoms. The molecule has 1 heterocycles. The molecule has 1 amide bonds. The van der Waals surface area contributed by atoms with E-state index in [-0.39, 0.29) is 12.4 Å². The molecular weight excluding hydrogens is 328 g/mol. The van der Waals surface area contributed by atoms with Gasteiger partial charge in [-0.2, -0.15) is 4.68 Å². The molecule has 0 aliphatic heterocycles. The van der Waals surface area contributed by atoms with E-state index in [0.717, 1.165) is 4.68 Å². The van der Waals surface area contributed by atoms with Crippen LogP contribution in [0.4, 0.5) is 11.5 Å². The lowest BCUT2D eigenvalue weighted by Crippen LogP contribution is -2.19. The Balaban J connectivity index is 2.14. The molecule has 0 saturated carbocycles. The first-order chi connectivity index (χ1) is 10.9. The van der Waals surface area contributed by atoms with Gasteiger partial charge in [0.25, 0.3) is 0 Å². The van der Waals surface area contributed by atoms with Crippen LogP contribution in [0.15, 0.2) is 24.4 Å². The second-order valence-electron chi connectivity index (χ2n) is 4.36. The highest BCUT2D eigenvalue weighted by Crippen LogP contribution is 2.35. The SMILES string of the molecule is COc1cc(NC(=O)Cn2ccc([N+](=O)[O-])n2)c(OC)cc1Cl. The highest BCUT2D eigenvalue weighted by atomic mass is 35.5. The predicted octanol–water partition coefficient (Wildman–Crippen LogP) is 2.10. The van der Waals surface area contributed by atoms with Crippen molar-refractivity contribution in [1.29, 1.82) is 0 Å². The third-order valence-corrected chi connectivity index (χ3v) is 3.16. The summed E-state index contributed by atoms with van der Waals surface area (Å²) in [6.07, 6.45) is 1.34. The molecule has 0 fully saturated rings. The summed E-state index contributed by atoms with van der Waals surface area (Å²) in [6.45, 7) is -0.193. The second-order valence-corrected chi connectivity index (χ2v) is 4.77. The maximum absolute atomic E-state index is 12.0. The zero-order valence-corrected chi connectivity index (χ0v) is 13.0. The number of anilines is 1. The van der Waals surface area contributed by atoms with E-state index >= 15 is 0 Å². The van der Waals surface area contributed by atoms with Gasteiger partial charge in [0.05, 0.1) is 42.3 Å². The lowest BCUT2D eigenvalue weighted by molar-refractivity contribution is -0.389. The van der Waals surface area contributed by atoms with Gasteiger partial charge in [0.1, 0.15) is 18.0 Å². The lowest BCUT2D eigenvalue weighted by Gasteiger charge is -2.12. The number of carbonyl (C=O) groups is 1. The maximum Gasteiger partial charge on any atom is 0.389 e. The van der Waals surface area contributed by atoms with Gasteiger partial charge in [0.2, 0.25) is 5.91 Å². The summed E-state index contributed by atoms with van der Waals surface area (Å²) in [5, 5.41) is 17.2. The number of nitrogens with one attached hydrogen (secondary N) is 1. The van der Waals surface area contributed by atoms with Crippen LogP contribution in [-0.4, -0.2) is 34.8 Å². The van der Waals surface area contributed by atoms with Crippen LogP contribution in [-0.2, 0) is 11.3 Å². The minimum atomic E-state index is -0.637. The molecule has 9 nitrogen and oxygen atoms in total.